The fourth-order valence-electron chi connectivity index (χ4n) is 3.87. The summed E-state index contributed by atoms with van der Waals surface area (Å²) in [5, 5.41) is 0. The Morgan fingerprint density at radius 3 is 2.75 bits per heavy atom. The summed E-state index contributed by atoms with van der Waals surface area (Å²) in [4.78, 5) is 27.4. The minimum absolute atomic E-state index is 0.0110. The van der Waals surface area contributed by atoms with E-state index in [0.29, 0.717) is 17.9 Å². The molecule has 1 aliphatic rings. The maximum absolute atomic E-state index is 12.9. The van der Waals surface area contributed by atoms with Crippen molar-refractivity contribution in [2.45, 2.75) is 70.0 Å². The van der Waals surface area contributed by atoms with Crippen LogP contribution in [0.25, 0.3) is 0 Å². The average molecular weight is 463 g/mol. The highest BCUT2D eigenvalue weighted by molar-refractivity contribution is 7.89. The number of rotatable bonds is 8. The van der Waals surface area contributed by atoms with Crippen molar-refractivity contribution in [1.29, 1.82) is 0 Å². The predicted octanol–water partition coefficient (Wildman–Crippen LogP) is 3.40. The number of sulfonamides is 1. The summed E-state index contributed by atoms with van der Waals surface area (Å²) < 4.78 is 38.3. The molecule has 1 aromatic heterocycles. The standard InChI is InChI=1S/C23H30N2O6S/c1-4-18-8-5-6-12-25(18)22(26)17(3)31-23(27)21-14-20(11-10-16(21)2)32(28,29)24-15-19-9-7-13-30-19/h7,9-11,13-14,17-18,24H,4-6,8,12,15H2,1-3H3. The Bertz CT molecular complexity index is 1050. The van der Waals surface area contributed by atoms with Crippen LogP contribution in [0.2, 0.25) is 0 Å². The summed E-state index contributed by atoms with van der Waals surface area (Å²) in [6, 6.07) is 7.72. The molecule has 0 spiro atoms. The minimum atomic E-state index is -3.87. The molecule has 2 atom stereocenters. The zero-order valence-electron chi connectivity index (χ0n) is 18.7. The first kappa shape index (κ1) is 24.0. The number of carbonyl (C=O) groups is 2. The molecule has 8 nitrogen and oxygen atoms in total. The topological polar surface area (TPSA) is 106 Å². The van der Waals surface area contributed by atoms with Crippen LogP contribution in [0, 0.1) is 6.92 Å². The lowest BCUT2D eigenvalue weighted by Crippen LogP contribution is -2.48. The number of aryl methyl sites for hydroxylation is 1. The molecule has 1 fully saturated rings. The zero-order valence-corrected chi connectivity index (χ0v) is 19.5. The van der Waals surface area contributed by atoms with Crippen LogP contribution in [-0.4, -0.2) is 43.9 Å². The van der Waals surface area contributed by atoms with Gasteiger partial charge in [0.05, 0.1) is 23.3 Å². The van der Waals surface area contributed by atoms with E-state index in [1.165, 1.54) is 18.4 Å². The lowest BCUT2D eigenvalue weighted by Gasteiger charge is -2.36. The van der Waals surface area contributed by atoms with Crippen LogP contribution in [0.1, 0.15) is 61.2 Å². The van der Waals surface area contributed by atoms with Crippen LogP contribution in [0.15, 0.2) is 45.9 Å². The van der Waals surface area contributed by atoms with Gasteiger partial charge in [0, 0.05) is 12.6 Å². The molecule has 3 rings (SSSR count). The van der Waals surface area contributed by atoms with Crippen LogP contribution >= 0.6 is 0 Å². The van der Waals surface area contributed by atoms with E-state index in [2.05, 4.69) is 4.72 Å². The summed E-state index contributed by atoms with van der Waals surface area (Å²) in [7, 11) is -3.87. The number of ether oxygens (including phenoxy) is 1. The highest BCUT2D eigenvalue weighted by atomic mass is 32.2. The van der Waals surface area contributed by atoms with Gasteiger partial charge < -0.3 is 14.1 Å². The third kappa shape index (κ3) is 5.58. The van der Waals surface area contributed by atoms with Crippen molar-refractivity contribution in [2.75, 3.05) is 6.54 Å². The number of benzene rings is 1. The Labute approximate surface area is 189 Å². The third-order valence-electron chi connectivity index (χ3n) is 5.77. The van der Waals surface area contributed by atoms with Crippen molar-refractivity contribution in [3.8, 4) is 0 Å². The zero-order chi connectivity index (χ0) is 23.3. The molecule has 32 heavy (non-hydrogen) atoms. The number of nitrogens with zero attached hydrogens (tertiary/aromatic N) is 1. The highest BCUT2D eigenvalue weighted by Crippen LogP contribution is 2.22. The molecule has 1 aromatic carbocycles. The van der Waals surface area contributed by atoms with Crippen molar-refractivity contribution in [3.63, 3.8) is 0 Å². The van der Waals surface area contributed by atoms with Gasteiger partial charge in [-0.1, -0.05) is 13.0 Å². The van der Waals surface area contributed by atoms with E-state index in [0.717, 1.165) is 25.7 Å². The maximum Gasteiger partial charge on any atom is 0.339 e. The maximum atomic E-state index is 12.9. The molecule has 1 amide bonds. The highest BCUT2D eigenvalue weighted by Gasteiger charge is 2.31. The number of esters is 1. The van der Waals surface area contributed by atoms with E-state index in [9.17, 15) is 18.0 Å². The van der Waals surface area contributed by atoms with Gasteiger partial charge in [-0.2, -0.15) is 0 Å². The molecular formula is C23H30N2O6S. The number of nitrogens with one attached hydrogen (secondary N) is 1. The number of piperidine rings is 1. The molecular weight excluding hydrogens is 432 g/mol. The van der Waals surface area contributed by atoms with Gasteiger partial charge in [0.15, 0.2) is 6.10 Å². The molecule has 2 aromatic rings. The van der Waals surface area contributed by atoms with Crippen LogP contribution in [0.4, 0.5) is 0 Å². The monoisotopic (exact) mass is 462 g/mol. The van der Waals surface area contributed by atoms with Crippen LogP contribution in [-0.2, 0) is 26.1 Å². The van der Waals surface area contributed by atoms with Gasteiger partial charge in [0.25, 0.3) is 5.91 Å². The van der Waals surface area contributed by atoms with Crippen molar-refractivity contribution in [2.24, 2.45) is 0 Å². The largest absolute Gasteiger partial charge is 0.468 e. The van der Waals surface area contributed by atoms with Gasteiger partial charge in [-0.25, -0.2) is 17.9 Å². The average Bonchev–Trinajstić information content (AvgIpc) is 3.31. The molecule has 174 valence electrons. The summed E-state index contributed by atoms with van der Waals surface area (Å²) >= 11 is 0. The molecule has 2 heterocycles. The first-order valence-corrected chi connectivity index (χ1v) is 12.4. The van der Waals surface area contributed by atoms with Gasteiger partial charge in [-0.05, 0) is 69.4 Å². The predicted molar refractivity (Wildman–Crippen MR) is 118 cm³/mol. The Balaban J connectivity index is 1.71. The number of likely N-dealkylation sites (tertiary alicyclic amines) is 1. The lowest BCUT2D eigenvalue weighted by molar-refractivity contribution is -0.143. The van der Waals surface area contributed by atoms with E-state index in [4.69, 9.17) is 9.15 Å². The van der Waals surface area contributed by atoms with E-state index < -0.39 is 22.1 Å². The van der Waals surface area contributed by atoms with Crippen molar-refractivity contribution in [1.82, 2.24) is 9.62 Å². The smallest absolute Gasteiger partial charge is 0.339 e. The van der Waals surface area contributed by atoms with Crippen LogP contribution in [0.5, 0.6) is 0 Å². The summed E-state index contributed by atoms with van der Waals surface area (Å²) in [5.74, 6) is -0.473. The second-order valence-electron chi connectivity index (χ2n) is 8.02. The SMILES string of the molecule is CCC1CCCCN1C(=O)C(C)OC(=O)c1cc(S(=O)(=O)NCc2ccco2)ccc1C. The summed E-state index contributed by atoms with van der Waals surface area (Å²) in [6.45, 7) is 5.94. The molecule has 2 unspecified atom stereocenters. The second kappa shape index (κ2) is 10.3. The van der Waals surface area contributed by atoms with Crippen LogP contribution < -0.4 is 4.72 Å². The number of hydrogen-bond acceptors (Lipinski definition) is 6. The van der Waals surface area contributed by atoms with Crippen molar-refractivity contribution in [3.05, 3.63) is 53.5 Å². The van der Waals surface area contributed by atoms with Crippen molar-refractivity contribution >= 4 is 21.9 Å². The quantitative estimate of drug-likeness (QED) is 0.603. The molecule has 0 saturated carbocycles. The number of carbonyl (C=O) groups excluding carboxylic acids is 2. The Morgan fingerprint density at radius 2 is 2.06 bits per heavy atom. The van der Waals surface area contributed by atoms with Gasteiger partial charge in [-0.3, -0.25) is 4.79 Å². The van der Waals surface area contributed by atoms with E-state index in [1.807, 2.05) is 6.92 Å². The van der Waals surface area contributed by atoms with E-state index >= 15 is 0 Å². The molecule has 1 N–H and O–H groups in total. The third-order valence-corrected chi connectivity index (χ3v) is 7.17. The van der Waals surface area contributed by atoms with Crippen LogP contribution in [0.3, 0.4) is 0 Å². The number of furan rings is 1. The first-order chi connectivity index (χ1) is 15.2. The van der Waals surface area contributed by atoms with Crippen molar-refractivity contribution < 1.29 is 27.2 Å². The van der Waals surface area contributed by atoms with E-state index in [-0.39, 0.29) is 29.0 Å². The lowest BCUT2D eigenvalue weighted by atomic mass is 9.99. The molecule has 0 bridgehead atoms. The first-order valence-electron chi connectivity index (χ1n) is 10.9. The summed E-state index contributed by atoms with van der Waals surface area (Å²) in [5.41, 5.74) is 0.667. The second-order valence-corrected chi connectivity index (χ2v) is 9.78. The molecule has 1 aliphatic heterocycles. The number of hydrogen-bond donors (Lipinski definition) is 1. The number of amides is 1. The van der Waals surface area contributed by atoms with Gasteiger partial charge in [-0.15, -0.1) is 0 Å². The fourth-order valence-corrected chi connectivity index (χ4v) is 4.89. The molecule has 9 heteroatoms. The normalized spacial score (nSPS) is 17.7. The molecule has 0 radical (unpaired) electrons. The Morgan fingerprint density at radius 1 is 1.28 bits per heavy atom. The van der Waals surface area contributed by atoms with Gasteiger partial charge in [0.1, 0.15) is 5.76 Å². The fraction of sp³-hybridized carbons (Fsp3) is 0.478. The molecule has 1 saturated heterocycles. The van der Waals surface area contributed by atoms with Gasteiger partial charge >= 0.3 is 5.97 Å². The minimum Gasteiger partial charge on any atom is -0.468 e. The molecule has 0 aliphatic carbocycles. The Hall–Kier alpha value is -2.65. The Kier molecular flexibility index (Phi) is 7.73. The summed E-state index contributed by atoms with van der Waals surface area (Å²) in [6.07, 6.45) is 4.34. The van der Waals surface area contributed by atoms with E-state index in [1.54, 1.807) is 36.9 Å². The van der Waals surface area contributed by atoms with Gasteiger partial charge in [0.2, 0.25) is 10.0 Å².